The molecule has 0 aliphatic rings. The van der Waals surface area contributed by atoms with Crippen molar-refractivity contribution in [1.29, 1.82) is 0 Å². The van der Waals surface area contributed by atoms with Crippen LogP contribution in [-0.2, 0) is 21.0 Å². The lowest BCUT2D eigenvalue weighted by Gasteiger charge is -2.36. The molecule has 0 unspecified atom stereocenters. The first-order valence-corrected chi connectivity index (χ1v) is 16.3. The van der Waals surface area contributed by atoms with Gasteiger partial charge in [-0.25, -0.2) is 8.42 Å². The summed E-state index contributed by atoms with van der Waals surface area (Å²) in [5.74, 6) is 0. The van der Waals surface area contributed by atoms with Crippen LogP contribution >= 0.6 is 11.6 Å². The Kier molecular flexibility index (Phi) is 10.9. The first-order chi connectivity index (χ1) is 15.6. The molecule has 0 amide bonds. The molecule has 0 bridgehead atoms. The van der Waals surface area contributed by atoms with Crippen LogP contribution in [0.5, 0.6) is 0 Å². The zero-order valence-corrected chi connectivity index (χ0v) is 22.6. The normalized spacial score (nSPS) is 13.3. The standard InChI is InChI=1S/C24H37ClN2O4SSi/c1-5-33(6-2,7-3)31-24(19-27(15-16-28)18-20-11-9-8-10-12-20)21-13-14-22(25)23(17-21)26-32(4,29)30/h8-14,17,24,26,28H,5-7,15-16,18-19H2,1-4H3/t24-/m0/s1. The number of anilines is 1. The second kappa shape index (κ2) is 12.9. The summed E-state index contributed by atoms with van der Waals surface area (Å²) in [4.78, 5) is 2.18. The van der Waals surface area contributed by atoms with Gasteiger partial charge in [-0.1, -0.05) is 68.8 Å². The molecule has 0 spiro atoms. The van der Waals surface area contributed by atoms with Crippen LogP contribution < -0.4 is 4.72 Å². The molecule has 9 heteroatoms. The highest BCUT2D eigenvalue weighted by atomic mass is 35.5. The number of rotatable bonds is 14. The third kappa shape index (κ3) is 8.70. The fourth-order valence-electron chi connectivity index (χ4n) is 3.99. The van der Waals surface area contributed by atoms with Crippen LogP contribution in [0.1, 0.15) is 38.0 Å². The van der Waals surface area contributed by atoms with Crippen LogP contribution in [0.3, 0.4) is 0 Å². The van der Waals surface area contributed by atoms with E-state index in [0.29, 0.717) is 30.3 Å². The lowest BCUT2D eigenvalue weighted by Crippen LogP contribution is -2.41. The average Bonchev–Trinajstić information content (AvgIpc) is 2.78. The van der Waals surface area contributed by atoms with E-state index in [1.165, 1.54) is 0 Å². The van der Waals surface area contributed by atoms with Crippen molar-refractivity contribution in [1.82, 2.24) is 4.90 Å². The van der Waals surface area contributed by atoms with E-state index in [4.69, 9.17) is 16.0 Å². The van der Waals surface area contributed by atoms with Crippen LogP contribution in [-0.4, -0.2) is 52.7 Å². The fourth-order valence-corrected chi connectivity index (χ4v) is 7.59. The number of nitrogens with one attached hydrogen (secondary N) is 1. The number of benzene rings is 2. The van der Waals surface area contributed by atoms with Gasteiger partial charge in [0.1, 0.15) is 0 Å². The molecule has 0 fully saturated rings. The third-order valence-corrected chi connectivity index (χ3v) is 11.6. The summed E-state index contributed by atoms with van der Waals surface area (Å²) in [6.07, 6.45) is 0.833. The van der Waals surface area contributed by atoms with Gasteiger partial charge in [0.2, 0.25) is 10.0 Å². The lowest BCUT2D eigenvalue weighted by atomic mass is 10.1. The van der Waals surface area contributed by atoms with E-state index >= 15 is 0 Å². The summed E-state index contributed by atoms with van der Waals surface area (Å²) in [6.45, 7) is 8.36. The zero-order valence-electron chi connectivity index (χ0n) is 20.1. The second-order valence-electron chi connectivity index (χ2n) is 8.41. The van der Waals surface area contributed by atoms with E-state index < -0.39 is 18.3 Å². The molecule has 0 radical (unpaired) electrons. The summed E-state index contributed by atoms with van der Waals surface area (Å²) in [5, 5.41) is 10.0. The molecule has 184 valence electrons. The van der Waals surface area contributed by atoms with Crippen molar-refractivity contribution in [2.45, 2.75) is 51.6 Å². The first kappa shape index (κ1) is 27.8. The Bertz CT molecular complexity index is 963. The van der Waals surface area contributed by atoms with Crippen molar-refractivity contribution < 1.29 is 18.0 Å². The Morgan fingerprint density at radius 1 is 1.09 bits per heavy atom. The van der Waals surface area contributed by atoms with E-state index in [-0.39, 0.29) is 12.7 Å². The Balaban J connectivity index is 2.43. The van der Waals surface area contributed by atoms with Gasteiger partial charge in [-0.2, -0.15) is 0 Å². The summed E-state index contributed by atoms with van der Waals surface area (Å²) in [6, 6.07) is 18.5. The molecule has 0 heterocycles. The minimum atomic E-state index is -3.47. The van der Waals surface area contributed by atoms with E-state index in [1.807, 2.05) is 24.3 Å². The minimum absolute atomic E-state index is 0.0406. The third-order valence-electron chi connectivity index (χ3n) is 6.07. The van der Waals surface area contributed by atoms with Crippen molar-refractivity contribution in [3.63, 3.8) is 0 Å². The molecule has 0 saturated heterocycles. The summed E-state index contributed by atoms with van der Waals surface area (Å²) < 4.78 is 33.1. The number of hydrogen-bond donors (Lipinski definition) is 2. The Morgan fingerprint density at radius 3 is 2.27 bits per heavy atom. The summed E-state index contributed by atoms with van der Waals surface area (Å²) >= 11 is 6.28. The second-order valence-corrected chi connectivity index (χ2v) is 15.3. The first-order valence-electron chi connectivity index (χ1n) is 11.5. The van der Waals surface area contributed by atoms with Gasteiger partial charge in [0, 0.05) is 19.6 Å². The summed E-state index contributed by atoms with van der Waals surface area (Å²) in [5.41, 5.74) is 2.37. The van der Waals surface area contributed by atoms with E-state index in [0.717, 1.165) is 35.5 Å². The Morgan fingerprint density at radius 2 is 1.73 bits per heavy atom. The molecule has 2 rings (SSSR count). The van der Waals surface area contributed by atoms with Gasteiger partial charge in [0.15, 0.2) is 8.32 Å². The quantitative estimate of drug-likeness (QED) is 0.337. The SMILES string of the molecule is CC[Si](CC)(CC)O[C@@H](CN(CCO)Cc1ccccc1)c1ccc(Cl)c(NS(C)(=O)=O)c1. The number of hydrogen-bond acceptors (Lipinski definition) is 5. The molecule has 6 nitrogen and oxygen atoms in total. The van der Waals surface area contributed by atoms with Crippen LogP contribution in [0.15, 0.2) is 48.5 Å². The van der Waals surface area contributed by atoms with Gasteiger partial charge in [0.05, 0.1) is 29.7 Å². The van der Waals surface area contributed by atoms with E-state index in [2.05, 4.69) is 42.5 Å². The van der Waals surface area contributed by atoms with E-state index in [9.17, 15) is 13.5 Å². The average molecular weight is 513 g/mol. The molecule has 1 atom stereocenters. The van der Waals surface area contributed by atoms with Gasteiger partial charge in [-0.3, -0.25) is 9.62 Å². The smallest absolute Gasteiger partial charge is 0.229 e. The maximum Gasteiger partial charge on any atom is 0.229 e. The predicted molar refractivity (Wildman–Crippen MR) is 140 cm³/mol. The molecule has 0 aliphatic heterocycles. The van der Waals surface area contributed by atoms with Crippen molar-refractivity contribution in [3.05, 3.63) is 64.7 Å². The number of halogens is 1. The van der Waals surface area contributed by atoms with Crippen LogP contribution in [0.25, 0.3) is 0 Å². The predicted octanol–water partition coefficient (Wildman–Crippen LogP) is 5.27. The van der Waals surface area contributed by atoms with Gasteiger partial charge in [-0.05, 0) is 41.4 Å². The highest BCUT2D eigenvalue weighted by Crippen LogP contribution is 2.34. The van der Waals surface area contributed by atoms with Gasteiger partial charge >= 0.3 is 0 Å². The van der Waals surface area contributed by atoms with Crippen LogP contribution in [0, 0.1) is 0 Å². The molecule has 2 aromatic carbocycles. The number of sulfonamides is 1. The minimum Gasteiger partial charge on any atom is -0.409 e. The van der Waals surface area contributed by atoms with Crippen LogP contribution in [0.2, 0.25) is 23.2 Å². The molecule has 2 aromatic rings. The highest BCUT2D eigenvalue weighted by molar-refractivity contribution is 7.92. The molecular formula is C24H37ClN2O4SSi. The molecule has 2 N–H and O–H groups in total. The molecular weight excluding hydrogens is 476 g/mol. The fraction of sp³-hybridized carbons (Fsp3) is 0.500. The maximum absolute atomic E-state index is 11.8. The van der Waals surface area contributed by atoms with Crippen LogP contribution in [0.4, 0.5) is 5.69 Å². The largest absolute Gasteiger partial charge is 0.409 e. The number of aliphatic hydroxyl groups is 1. The zero-order chi connectivity index (χ0) is 24.5. The number of nitrogens with zero attached hydrogens (tertiary/aromatic N) is 1. The van der Waals surface area contributed by atoms with Gasteiger partial charge in [0.25, 0.3) is 0 Å². The van der Waals surface area contributed by atoms with Gasteiger partial charge < -0.3 is 9.53 Å². The monoisotopic (exact) mass is 512 g/mol. The Labute approximate surface area is 205 Å². The molecule has 33 heavy (non-hydrogen) atoms. The molecule has 0 aromatic heterocycles. The van der Waals surface area contributed by atoms with Crippen molar-refractivity contribution >= 4 is 35.6 Å². The topological polar surface area (TPSA) is 78.9 Å². The lowest BCUT2D eigenvalue weighted by molar-refractivity contribution is 0.104. The summed E-state index contributed by atoms with van der Waals surface area (Å²) in [7, 11) is -5.46. The molecule has 0 saturated carbocycles. The van der Waals surface area contributed by atoms with Crippen molar-refractivity contribution in [2.24, 2.45) is 0 Å². The molecule has 0 aliphatic carbocycles. The maximum atomic E-state index is 11.8. The van der Waals surface area contributed by atoms with Gasteiger partial charge in [-0.15, -0.1) is 0 Å². The van der Waals surface area contributed by atoms with Crippen molar-refractivity contribution in [2.75, 3.05) is 30.7 Å². The van der Waals surface area contributed by atoms with Crippen molar-refractivity contribution in [3.8, 4) is 0 Å². The Hall–Kier alpha value is -1.42. The van der Waals surface area contributed by atoms with E-state index in [1.54, 1.807) is 12.1 Å². The number of aliphatic hydroxyl groups excluding tert-OH is 1. The highest BCUT2D eigenvalue weighted by Gasteiger charge is 2.33.